The number of nitrogens with one attached hydrogen (secondary N) is 1. The number of halogens is 1. The Kier molecular flexibility index (Phi) is 5.68. The van der Waals surface area contributed by atoms with Crippen LogP contribution in [0.5, 0.6) is 0 Å². The number of nitriles is 1. The van der Waals surface area contributed by atoms with E-state index >= 15 is 0 Å². The molecule has 3 N–H and O–H groups in total. The molecule has 1 aliphatic heterocycles. The lowest BCUT2D eigenvalue weighted by atomic mass is 9.93. The van der Waals surface area contributed by atoms with E-state index in [1.54, 1.807) is 27.7 Å². The van der Waals surface area contributed by atoms with Gasteiger partial charge in [0.2, 0.25) is 0 Å². The van der Waals surface area contributed by atoms with E-state index in [-0.39, 0.29) is 29.2 Å². The molecule has 3 heterocycles. The largest absolute Gasteiger partial charge is 0.365 e. The second kappa shape index (κ2) is 8.57. The lowest BCUT2D eigenvalue weighted by Gasteiger charge is -2.35. The average Bonchev–Trinajstić information content (AvgIpc) is 3.35. The van der Waals surface area contributed by atoms with Crippen LogP contribution < -0.4 is 11.1 Å². The number of nitrogens with two attached hydrogens (primary N) is 1. The van der Waals surface area contributed by atoms with Gasteiger partial charge in [-0.1, -0.05) is 0 Å². The first kappa shape index (κ1) is 20.6. The predicted octanol–water partition coefficient (Wildman–Crippen LogP) is 2.18. The number of hydrogen-bond donors (Lipinski definition) is 2. The molecule has 31 heavy (non-hydrogen) atoms. The number of aryl methyl sites for hydroxylation is 1. The summed E-state index contributed by atoms with van der Waals surface area (Å²) in [5.74, 6) is -1.01. The molecule has 0 bridgehead atoms. The first-order valence-corrected chi connectivity index (χ1v) is 9.95. The molecule has 2 aromatic heterocycles. The Morgan fingerprint density at radius 3 is 2.74 bits per heavy atom. The van der Waals surface area contributed by atoms with Gasteiger partial charge in [0.25, 0.3) is 5.91 Å². The second-order valence-corrected chi connectivity index (χ2v) is 7.68. The molecule has 1 fully saturated rings. The zero-order chi connectivity index (χ0) is 22.0. The Morgan fingerprint density at radius 2 is 2.10 bits per heavy atom. The van der Waals surface area contributed by atoms with Gasteiger partial charge in [-0.25, -0.2) is 4.39 Å². The SMILES string of the molecule is Cn1ccc(CN2CC[C@H](n3cc(C(N)=O)c(Nc4ccc(F)cc4)n3)[C@H](C#N)C2)n1. The number of primary amides is 1. The van der Waals surface area contributed by atoms with Crippen LogP contribution in [-0.2, 0) is 13.6 Å². The van der Waals surface area contributed by atoms with Crippen molar-refractivity contribution in [3.8, 4) is 6.07 Å². The van der Waals surface area contributed by atoms with Gasteiger partial charge in [0.15, 0.2) is 5.82 Å². The fraction of sp³-hybridized carbons (Fsp3) is 0.333. The highest BCUT2D eigenvalue weighted by molar-refractivity contribution is 5.98. The fourth-order valence-corrected chi connectivity index (χ4v) is 3.87. The monoisotopic (exact) mass is 422 g/mol. The van der Waals surface area contributed by atoms with Crippen molar-refractivity contribution in [2.45, 2.75) is 19.0 Å². The normalized spacial score (nSPS) is 19.1. The maximum atomic E-state index is 13.2. The second-order valence-electron chi connectivity index (χ2n) is 7.68. The minimum atomic E-state index is -0.628. The number of piperidine rings is 1. The maximum Gasteiger partial charge on any atom is 0.254 e. The molecule has 160 valence electrons. The lowest BCUT2D eigenvalue weighted by molar-refractivity contribution is 0.100. The highest BCUT2D eigenvalue weighted by Gasteiger charge is 2.32. The summed E-state index contributed by atoms with van der Waals surface area (Å²) in [6, 6.07) is 9.88. The molecule has 10 heteroatoms. The molecular formula is C21H23FN8O. The third-order valence-electron chi connectivity index (χ3n) is 5.42. The molecule has 0 spiro atoms. The smallest absolute Gasteiger partial charge is 0.254 e. The van der Waals surface area contributed by atoms with Crippen LogP contribution in [-0.4, -0.2) is 43.5 Å². The number of amides is 1. The Hall–Kier alpha value is -3.71. The first-order chi connectivity index (χ1) is 14.9. The van der Waals surface area contributed by atoms with Crippen molar-refractivity contribution >= 4 is 17.4 Å². The van der Waals surface area contributed by atoms with Gasteiger partial charge < -0.3 is 11.1 Å². The number of aromatic nitrogens is 4. The van der Waals surface area contributed by atoms with Crippen molar-refractivity contribution in [2.24, 2.45) is 18.7 Å². The van der Waals surface area contributed by atoms with E-state index in [9.17, 15) is 14.4 Å². The maximum absolute atomic E-state index is 13.2. The Labute approximate surface area is 178 Å². The van der Waals surface area contributed by atoms with Crippen molar-refractivity contribution in [1.29, 1.82) is 5.26 Å². The van der Waals surface area contributed by atoms with Crippen LogP contribution in [0.25, 0.3) is 0 Å². The van der Waals surface area contributed by atoms with Crippen molar-refractivity contribution in [3.05, 3.63) is 59.8 Å². The molecule has 4 rings (SSSR count). The van der Waals surface area contributed by atoms with Crippen molar-refractivity contribution < 1.29 is 9.18 Å². The van der Waals surface area contributed by atoms with Crippen molar-refractivity contribution in [1.82, 2.24) is 24.5 Å². The summed E-state index contributed by atoms with van der Waals surface area (Å²) >= 11 is 0. The standard InChI is InChI=1S/C21H23FN8O/c1-28-8-6-17(26-28)12-29-9-7-19(14(10-23)11-29)30-13-18(20(24)31)21(27-30)25-16-4-2-15(22)3-5-16/h2-6,8,13-14,19H,7,9,11-12H2,1H3,(H2,24,31)(H,25,27)/t14-,19+/m1/s1. The van der Waals surface area contributed by atoms with E-state index < -0.39 is 5.91 Å². The van der Waals surface area contributed by atoms with Gasteiger partial charge >= 0.3 is 0 Å². The number of carbonyl (C=O) groups is 1. The number of rotatable bonds is 6. The van der Waals surface area contributed by atoms with Crippen LogP contribution in [0.3, 0.4) is 0 Å². The Balaban J connectivity index is 1.52. The molecule has 9 nitrogen and oxygen atoms in total. The molecule has 1 saturated heterocycles. The minimum absolute atomic E-state index is 0.188. The van der Waals surface area contributed by atoms with Gasteiger partial charge in [0, 0.05) is 44.8 Å². The van der Waals surface area contributed by atoms with Gasteiger partial charge in [-0.05, 0) is 36.8 Å². The van der Waals surface area contributed by atoms with Gasteiger partial charge in [-0.15, -0.1) is 0 Å². The summed E-state index contributed by atoms with van der Waals surface area (Å²) in [6.45, 7) is 2.02. The molecule has 1 amide bonds. The molecule has 0 saturated carbocycles. The van der Waals surface area contributed by atoms with E-state index in [1.807, 2.05) is 19.3 Å². The quantitative estimate of drug-likeness (QED) is 0.629. The third kappa shape index (κ3) is 4.57. The highest BCUT2D eigenvalue weighted by Crippen LogP contribution is 2.30. The number of benzene rings is 1. The van der Waals surface area contributed by atoms with Crippen LogP contribution in [0.1, 0.15) is 28.5 Å². The highest BCUT2D eigenvalue weighted by atomic mass is 19.1. The first-order valence-electron chi connectivity index (χ1n) is 9.95. The van der Waals surface area contributed by atoms with Gasteiger partial charge in [0.1, 0.15) is 11.4 Å². The van der Waals surface area contributed by atoms with Gasteiger partial charge in [-0.2, -0.15) is 15.5 Å². The zero-order valence-electron chi connectivity index (χ0n) is 17.1. The van der Waals surface area contributed by atoms with Crippen molar-refractivity contribution in [2.75, 3.05) is 18.4 Å². The number of likely N-dealkylation sites (tertiary alicyclic amines) is 1. The molecule has 2 atom stereocenters. The molecule has 0 radical (unpaired) electrons. The van der Waals surface area contributed by atoms with Crippen LogP contribution in [0.15, 0.2) is 42.7 Å². The van der Waals surface area contributed by atoms with Crippen LogP contribution >= 0.6 is 0 Å². The number of nitrogens with zero attached hydrogens (tertiary/aromatic N) is 6. The third-order valence-corrected chi connectivity index (χ3v) is 5.42. The van der Waals surface area contributed by atoms with E-state index in [0.29, 0.717) is 25.2 Å². The Morgan fingerprint density at radius 1 is 1.32 bits per heavy atom. The van der Waals surface area contributed by atoms with Crippen LogP contribution in [0.2, 0.25) is 0 Å². The number of anilines is 2. The summed E-state index contributed by atoms with van der Waals surface area (Å²) in [5.41, 5.74) is 7.29. The van der Waals surface area contributed by atoms with Gasteiger partial charge in [-0.3, -0.25) is 19.1 Å². The summed E-state index contributed by atoms with van der Waals surface area (Å²) in [5, 5.41) is 21.7. The molecule has 0 aliphatic carbocycles. The molecule has 1 aliphatic rings. The van der Waals surface area contributed by atoms with E-state index in [4.69, 9.17) is 5.73 Å². The topological polar surface area (TPSA) is 118 Å². The van der Waals surface area contributed by atoms with Crippen molar-refractivity contribution in [3.63, 3.8) is 0 Å². The minimum Gasteiger partial charge on any atom is -0.365 e. The summed E-state index contributed by atoms with van der Waals surface area (Å²) < 4.78 is 16.6. The lowest BCUT2D eigenvalue weighted by Crippen LogP contribution is -2.40. The summed E-state index contributed by atoms with van der Waals surface area (Å²) in [4.78, 5) is 14.2. The molecule has 3 aromatic rings. The fourth-order valence-electron chi connectivity index (χ4n) is 3.87. The molecule has 1 aromatic carbocycles. The number of hydrogen-bond acceptors (Lipinski definition) is 6. The summed E-state index contributed by atoms with van der Waals surface area (Å²) in [6.07, 6.45) is 4.17. The number of carbonyl (C=O) groups excluding carboxylic acids is 1. The summed E-state index contributed by atoms with van der Waals surface area (Å²) in [7, 11) is 1.87. The van der Waals surface area contributed by atoms with Crippen LogP contribution in [0.4, 0.5) is 15.9 Å². The predicted molar refractivity (Wildman–Crippen MR) is 112 cm³/mol. The van der Waals surface area contributed by atoms with E-state index in [0.717, 1.165) is 12.2 Å². The van der Waals surface area contributed by atoms with E-state index in [1.165, 1.54) is 12.1 Å². The Bertz CT molecular complexity index is 1110. The van der Waals surface area contributed by atoms with Crippen LogP contribution in [0, 0.1) is 23.1 Å². The molecule has 0 unspecified atom stereocenters. The van der Waals surface area contributed by atoms with E-state index in [2.05, 4.69) is 26.5 Å². The zero-order valence-corrected chi connectivity index (χ0v) is 17.1. The molecular weight excluding hydrogens is 399 g/mol. The van der Waals surface area contributed by atoms with Gasteiger partial charge in [0.05, 0.1) is 23.7 Å². The average molecular weight is 422 g/mol.